The highest BCUT2D eigenvalue weighted by molar-refractivity contribution is 5.76. The molecule has 0 radical (unpaired) electrons. The van der Waals surface area contributed by atoms with Gasteiger partial charge in [-0.1, -0.05) is 84.9 Å². The summed E-state index contributed by atoms with van der Waals surface area (Å²) in [6.45, 7) is 1.96. The highest BCUT2D eigenvalue weighted by Crippen LogP contribution is 2.35. The minimum atomic E-state index is -1.19. The summed E-state index contributed by atoms with van der Waals surface area (Å²) >= 11 is 0. The monoisotopic (exact) mass is 483 g/mol. The minimum absolute atomic E-state index is 0.0372. The summed E-state index contributed by atoms with van der Waals surface area (Å²) in [4.78, 5) is 17.5. The van der Waals surface area contributed by atoms with Crippen LogP contribution in [0.25, 0.3) is 22.6 Å². The van der Waals surface area contributed by atoms with Crippen molar-refractivity contribution in [2.75, 3.05) is 6.61 Å². The van der Waals surface area contributed by atoms with Crippen LogP contribution in [0.15, 0.2) is 89.3 Å². The van der Waals surface area contributed by atoms with E-state index >= 15 is 0 Å². The maximum absolute atomic E-state index is 12.7. The number of ether oxygens (including phenoxy) is 3. The number of hydrogen-bond donors (Lipinski definition) is 0. The Morgan fingerprint density at radius 3 is 2.42 bits per heavy atom. The second kappa shape index (κ2) is 11.3. The van der Waals surface area contributed by atoms with Crippen molar-refractivity contribution in [1.29, 1.82) is 0 Å². The highest BCUT2D eigenvalue weighted by atomic mass is 16.7. The van der Waals surface area contributed by atoms with Gasteiger partial charge in [-0.15, -0.1) is 0 Å². The Labute approximate surface area is 210 Å². The molecule has 0 amide bonds. The van der Waals surface area contributed by atoms with Crippen molar-refractivity contribution in [2.45, 2.75) is 45.2 Å². The van der Waals surface area contributed by atoms with Gasteiger partial charge in [-0.3, -0.25) is 0 Å². The molecule has 0 bridgehead atoms. The number of hydrogen-bond acceptors (Lipinski definition) is 6. The second-order valence-corrected chi connectivity index (χ2v) is 8.63. The van der Waals surface area contributed by atoms with Gasteiger partial charge in [-0.2, -0.15) is 0 Å². The number of benzene rings is 3. The Morgan fingerprint density at radius 2 is 1.67 bits per heavy atom. The number of oxazole rings is 1. The molecule has 0 saturated carbocycles. The fourth-order valence-corrected chi connectivity index (χ4v) is 4.52. The average Bonchev–Trinajstić information content (AvgIpc) is 3.36. The Hall–Kier alpha value is -3.74. The molecule has 0 N–H and O–H groups in total. The van der Waals surface area contributed by atoms with E-state index in [-0.39, 0.29) is 19.3 Å². The first-order valence-corrected chi connectivity index (χ1v) is 12.3. The first-order valence-electron chi connectivity index (χ1n) is 12.3. The van der Waals surface area contributed by atoms with E-state index in [1.807, 2.05) is 78.9 Å². The van der Waals surface area contributed by atoms with Crippen LogP contribution in [0.4, 0.5) is 0 Å². The second-order valence-electron chi connectivity index (χ2n) is 8.63. The maximum Gasteiger partial charge on any atom is 0.363 e. The van der Waals surface area contributed by atoms with E-state index in [1.165, 1.54) is 5.56 Å². The third-order valence-electron chi connectivity index (χ3n) is 6.19. The Balaban J connectivity index is 1.38. The van der Waals surface area contributed by atoms with Crippen LogP contribution in [0.3, 0.4) is 0 Å². The Bertz CT molecular complexity index is 1230. The van der Waals surface area contributed by atoms with Gasteiger partial charge in [-0.25, -0.2) is 9.78 Å². The molecule has 0 fully saturated rings. The molecule has 0 aliphatic heterocycles. The lowest BCUT2D eigenvalue weighted by Crippen LogP contribution is -2.32. The quantitative estimate of drug-likeness (QED) is 0.200. The molecule has 1 aliphatic rings. The largest absolute Gasteiger partial charge is 0.462 e. The number of aromatic nitrogens is 1. The van der Waals surface area contributed by atoms with E-state index < -0.39 is 12.3 Å². The van der Waals surface area contributed by atoms with E-state index in [0.717, 1.165) is 41.6 Å². The number of esters is 1. The van der Waals surface area contributed by atoms with E-state index in [9.17, 15) is 4.79 Å². The van der Waals surface area contributed by atoms with Crippen molar-refractivity contribution in [3.63, 3.8) is 0 Å². The fraction of sp³-hybridized carbons (Fsp3) is 0.267. The van der Waals surface area contributed by atoms with Crippen LogP contribution in [0.1, 0.15) is 42.9 Å². The topological polar surface area (TPSA) is 70.8 Å². The molecule has 5 rings (SSSR count). The number of fused-ring (bicyclic) bond motifs is 1. The lowest BCUT2D eigenvalue weighted by atomic mass is 9.89. The van der Waals surface area contributed by atoms with Crippen LogP contribution in [-0.2, 0) is 32.0 Å². The molecule has 2 atom stereocenters. The van der Waals surface area contributed by atoms with Crippen molar-refractivity contribution in [3.05, 3.63) is 102 Å². The van der Waals surface area contributed by atoms with Gasteiger partial charge in [0.25, 0.3) is 6.29 Å². The zero-order valence-electron chi connectivity index (χ0n) is 20.3. The van der Waals surface area contributed by atoms with Crippen LogP contribution in [0.5, 0.6) is 0 Å². The van der Waals surface area contributed by atoms with Gasteiger partial charge in [0.1, 0.15) is 12.3 Å². The van der Waals surface area contributed by atoms with Gasteiger partial charge in [0.2, 0.25) is 5.89 Å². The summed E-state index contributed by atoms with van der Waals surface area (Å²) in [6, 6.07) is 27.8. The van der Waals surface area contributed by atoms with Crippen LogP contribution in [-0.4, -0.2) is 23.9 Å². The zero-order valence-corrected chi connectivity index (χ0v) is 20.3. The van der Waals surface area contributed by atoms with Gasteiger partial charge in [0.05, 0.1) is 12.7 Å². The molecule has 6 heteroatoms. The number of aryl methyl sites for hydroxylation is 1. The normalized spacial score (nSPS) is 15.8. The SMILES string of the molecule is CCOC(=O)C(OCc1nc(-c2ccccc2)c(-c2ccccc2)o1)O[C@@H]1CCCc2ccccc21. The molecule has 1 heterocycles. The Morgan fingerprint density at radius 1 is 0.972 bits per heavy atom. The molecule has 36 heavy (non-hydrogen) atoms. The average molecular weight is 484 g/mol. The number of carbonyl (C=O) groups is 1. The van der Waals surface area contributed by atoms with Gasteiger partial charge >= 0.3 is 5.97 Å². The predicted molar refractivity (Wildman–Crippen MR) is 136 cm³/mol. The van der Waals surface area contributed by atoms with E-state index in [2.05, 4.69) is 6.07 Å². The zero-order chi connectivity index (χ0) is 24.7. The molecule has 3 aromatic carbocycles. The predicted octanol–water partition coefficient (Wildman–Crippen LogP) is 6.51. The molecule has 0 spiro atoms. The molecule has 1 aliphatic carbocycles. The minimum Gasteiger partial charge on any atom is -0.462 e. The smallest absolute Gasteiger partial charge is 0.363 e. The number of rotatable bonds is 9. The Kier molecular flexibility index (Phi) is 7.55. The van der Waals surface area contributed by atoms with Crippen molar-refractivity contribution in [2.24, 2.45) is 0 Å². The highest BCUT2D eigenvalue weighted by Gasteiger charge is 2.30. The van der Waals surface area contributed by atoms with Gasteiger partial charge < -0.3 is 18.6 Å². The maximum atomic E-state index is 12.7. The standard InChI is InChI=1S/C30H29NO5/c1-2-33-29(32)30(35-25-19-11-17-21-12-9-10-18-24(21)25)34-20-26-31-27(22-13-5-3-6-14-22)28(36-26)23-15-7-4-8-16-23/h3-10,12-16,18,25,30H,2,11,17,19-20H2,1H3/t25-,30?/m1/s1. The van der Waals surface area contributed by atoms with Crippen LogP contribution in [0, 0.1) is 0 Å². The molecule has 4 aromatic rings. The van der Waals surface area contributed by atoms with Crippen molar-refractivity contribution in [1.82, 2.24) is 4.98 Å². The first kappa shape index (κ1) is 24.0. The molecule has 1 aromatic heterocycles. The molecular formula is C30H29NO5. The van der Waals surface area contributed by atoms with Crippen LogP contribution in [0.2, 0.25) is 0 Å². The first-order chi connectivity index (χ1) is 17.7. The fourth-order valence-electron chi connectivity index (χ4n) is 4.52. The molecule has 1 unspecified atom stereocenters. The van der Waals surface area contributed by atoms with E-state index in [0.29, 0.717) is 11.7 Å². The molecule has 6 nitrogen and oxygen atoms in total. The van der Waals surface area contributed by atoms with Crippen molar-refractivity contribution < 1.29 is 23.4 Å². The lowest BCUT2D eigenvalue weighted by molar-refractivity contribution is -0.213. The van der Waals surface area contributed by atoms with Crippen molar-refractivity contribution in [3.8, 4) is 22.6 Å². The number of carbonyl (C=O) groups excluding carboxylic acids is 1. The third kappa shape index (κ3) is 5.40. The summed E-state index contributed by atoms with van der Waals surface area (Å²) < 4.78 is 23.5. The molecular weight excluding hydrogens is 454 g/mol. The van der Waals surface area contributed by atoms with Crippen LogP contribution >= 0.6 is 0 Å². The summed E-state index contributed by atoms with van der Waals surface area (Å²) in [7, 11) is 0. The third-order valence-corrected chi connectivity index (χ3v) is 6.19. The number of nitrogens with zero attached hydrogens (tertiary/aromatic N) is 1. The molecule has 0 saturated heterocycles. The summed E-state index contributed by atoms with van der Waals surface area (Å²) in [5.74, 6) is 0.448. The van der Waals surface area contributed by atoms with Gasteiger partial charge in [-0.05, 0) is 37.3 Å². The van der Waals surface area contributed by atoms with E-state index in [4.69, 9.17) is 23.6 Å². The summed E-state index contributed by atoms with van der Waals surface area (Å²) in [6.07, 6.45) is 1.37. The van der Waals surface area contributed by atoms with Gasteiger partial charge in [0.15, 0.2) is 5.76 Å². The lowest BCUT2D eigenvalue weighted by Gasteiger charge is -2.28. The summed E-state index contributed by atoms with van der Waals surface area (Å²) in [5.41, 5.74) is 4.89. The van der Waals surface area contributed by atoms with Crippen molar-refractivity contribution >= 4 is 5.97 Å². The van der Waals surface area contributed by atoms with E-state index in [1.54, 1.807) is 6.92 Å². The van der Waals surface area contributed by atoms with Gasteiger partial charge in [0, 0.05) is 11.1 Å². The molecule has 184 valence electrons. The summed E-state index contributed by atoms with van der Waals surface area (Å²) in [5, 5.41) is 0. The van der Waals surface area contributed by atoms with Crippen LogP contribution < -0.4 is 0 Å².